The Morgan fingerprint density at radius 2 is 2.04 bits per heavy atom. The minimum atomic E-state index is -0.425. The highest BCUT2D eigenvalue weighted by Gasteiger charge is 2.42. The van der Waals surface area contributed by atoms with Crippen molar-refractivity contribution in [3.05, 3.63) is 24.5 Å². The first-order valence-corrected chi connectivity index (χ1v) is 9.46. The van der Waals surface area contributed by atoms with Crippen molar-refractivity contribution in [2.24, 2.45) is 12.5 Å². The zero-order chi connectivity index (χ0) is 19.0. The fourth-order valence-electron chi connectivity index (χ4n) is 4.39. The second kappa shape index (κ2) is 6.92. The van der Waals surface area contributed by atoms with Gasteiger partial charge < -0.3 is 19.5 Å². The van der Waals surface area contributed by atoms with Gasteiger partial charge in [-0.1, -0.05) is 0 Å². The Kier molecular flexibility index (Phi) is 4.59. The quantitative estimate of drug-likeness (QED) is 0.851. The molecule has 144 valence electrons. The number of anilines is 1. The van der Waals surface area contributed by atoms with Crippen molar-refractivity contribution in [2.45, 2.75) is 32.3 Å². The maximum absolute atomic E-state index is 11.8. The molecule has 4 rings (SSSR count). The highest BCUT2D eigenvalue weighted by atomic mass is 16.3. The van der Waals surface area contributed by atoms with Crippen LogP contribution in [0.4, 0.5) is 5.82 Å². The number of amides is 1. The molecule has 0 aromatic carbocycles. The summed E-state index contributed by atoms with van der Waals surface area (Å²) in [7, 11) is 1.94. The van der Waals surface area contributed by atoms with Gasteiger partial charge in [0.05, 0.1) is 6.10 Å². The zero-order valence-electron chi connectivity index (χ0n) is 15.9. The lowest BCUT2D eigenvalue weighted by atomic mass is 9.71. The molecule has 0 saturated carbocycles. The summed E-state index contributed by atoms with van der Waals surface area (Å²) >= 11 is 0. The predicted molar refractivity (Wildman–Crippen MR) is 101 cm³/mol. The Labute approximate surface area is 158 Å². The fourth-order valence-corrected chi connectivity index (χ4v) is 4.39. The molecule has 0 radical (unpaired) electrons. The molecule has 1 amide bonds. The first kappa shape index (κ1) is 17.9. The summed E-state index contributed by atoms with van der Waals surface area (Å²) in [6.45, 7) is 4.50. The van der Waals surface area contributed by atoms with Crippen molar-refractivity contribution >= 4 is 11.7 Å². The van der Waals surface area contributed by atoms with Gasteiger partial charge in [0, 0.05) is 52.5 Å². The number of aliphatic hydroxyl groups is 1. The van der Waals surface area contributed by atoms with E-state index in [1.807, 2.05) is 29.9 Å². The van der Waals surface area contributed by atoms with E-state index in [2.05, 4.69) is 20.1 Å². The Morgan fingerprint density at radius 1 is 1.26 bits per heavy atom. The van der Waals surface area contributed by atoms with Crippen molar-refractivity contribution in [1.82, 2.24) is 24.6 Å². The van der Waals surface area contributed by atoms with Gasteiger partial charge in [-0.05, 0) is 36.8 Å². The van der Waals surface area contributed by atoms with E-state index in [0.29, 0.717) is 6.54 Å². The van der Waals surface area contributed by atoms with Gasteiger partial charge in [-0.15, -0.1) is 10.2 Å². The molecule has 0 aliphatic carbocycles. The molecule has 2 aromatic heterocycles. The van der Waals surface area contributed by atoms with E-state index in [9.17, 15) is 9.90 Å². The second-order valence-electron chi connectivity index (χ2n) is 7.88. The SMILES string of the molecule is CC(=O)N1CC(O)CC2(CCN(c3ccc(-c4nccn4C)nn3)CC2)C1. The van der Waals surface area contributed by atoms with Gasteiger partial charge in [-0.3, -0.25) is 4.79 Å². The van der Waals surface area contributed by atoms with Crippen LogP contribution in [0.15, 0.2) is 24.5 Å². The molecule has 2 saturated heterocycles. The summed E-state index contributed by atoms with van der Waals surface area (Å²) in [5.41, 5.74) is 0.771. The molecule has 2 aliphatic heterocycles. The molecule has 0 bridgehead atoms. The van der Waals surface area contributed by atoms with Gasteiger partial charge in [0.1, 0.15) is 5.69 Å². The average Bonchev–Trinajstić information content (AvgIpc) is 3.08. The number of hydrogen-bond acceptors (Lipinski definition) is 6. The average molecular weight is 370 g/mol. The Morgan fingerprint density at radius 3 is 2.63 bits per heavy atom. The van der Waals surface area contributed by atoms with E-state index >= 15 is 0 Å². The van der Waals surface area contributed by atoms with Crippen LogP contribution in [0.3, 0.4) is 0 Å². The molecule has 2 aromatic rings. The third-order valence-corrected chi connectivity index (χ3v) is 5.92. The van der Waals surface area contributed by atoms with Crippen LogP contribution in [0.5, 0.6) is 0 Å². The topological polar surface area (TPSA) is 87.4 Å². The van der Waals surface area contributed by atoms with Crippen LogP contribution in [-0.2, 0) is 11.8 Å². The van der Waals surface area contributed by atoms with Crippen molar-refractivity contribution in [3.8, 4) is 11.5 Å². The number of imidazole rings is 1. The lowest BCUT2D eigenvalue weighted by Gasteiger charge is -2.49. The van der Waals surface area contributed by atoms with Crippen LogP contribution < -0.4 is 4.90 Å². The number of hydrogen-bond donors (Lipinski definition) is 1. The number of likely N-dealkylation sites (tertiary alicyclic amines) is 1. The van der Waals surface area contributed by atoms with Gasteiger partial charge in [0.25, 0.3) is 0 Å². The van der Waals surface area contributed by atoms with Crippen LogP contribution in [0.2, 0.25) is 0 Å². The lowest BCUT2D eigenvalue weighted by molar-refractivity contribution is -0.137. The van der Waals surface area contributed by atoms with Crippen molar-refractivity contribution in [3.63, 3.8) is 0 Å². The van der Waals surface area contributed by atoms with Crippen LogP contribution in [0.1, 0.15) is 26.2 Å². The molecule has 2 aliphatic rings. The standard InChI is InChI=1S/C19H26N6O2/c1-14(26)25-12-15(27)11-19(13-25)5-8-24(9-6-19)17-4-3-16(21-22-17)18-20-7-10-23(18)2/h3-4,7,10,15,27H,5-6,8-9,11-13H2,1-2H3. The number of nitrogens with zero attached hydrogens (tertiary/aromatic N) is 6. The molecule has 1 spiro atoms. The highest BCUT2D eigenvalue weighted by molar-refractivity contribution is 5.73. The van der Waals surface area contributed by atoms with E-state index in [-0.39, 0.29) is 11.3 Å². The summed E-state index contributed by atoms with van der Waals surface area (Å²) < 4.78 is 1.92. The molecule has 1 unspecified atom stereocenters. The lowest BCUT2D eigenvalue weighted by Crippen LogP contribution is -2.55. The number of aryl methyl sites for hydroxylation is 1. The molecule has 1 N–H and O–H groups in total. The molecule has 1 atom stereocenters. The summed E-state index contributed by atoms with van der Waals surface area (Å²) in [6, 6.07) is 3.95. The normalized spacial score (nSPS) is 22.3. The maximum Gasteiger partial charge on any atom is 0.219 e. The molecule has 27 heavy (non-hydrogen) atoms. The third-order valence-electron chi connectivity index (χ3n) is 5.92. The highest BCUT2D eigenvalue weighted by Crippen LogP contribution is 2.40. The Hall–Kier alpha value is -2.48. The number of piperidine rings is 2. The number of rotatable bonds is 2. The van der Waals surface area contributed by atoms with Crippen LogP contribution >= 0.6 is 0 Å². The van der Waals surface area contributed by atoms with Gasteiger partial charge in [-0.25, -0.2) is 4.98 Å². The Bertz CT molecular complexity index is 810. The van der Waals surface area contributed by atoms with E-state index in [1.54, 1.807) is 18.0 Å². The smallest absolute Gasteiger partial charge is 0.219 e. The number of carbonyl (C=O) groups is 1. The molecule has 2 fully saturated rings. The largest absolute Gasteiger partial charge is 0.391 e. The molecule has 8 nitrogen and oxygen atoms in total. The Balaban J connectivity index is 1.43. The van der Waals surface area contributed by atoms with E-state index in [1.165, 1.54) is 0 Å². The first-order chi connectivity index (χ1) is 13.0. The van der Waals surface area contributed by atoms with Crippen LogP contribution in [0, 0.1) is 5.41 Å². The van der Waals surface area contributed by atoms with Crippen molar-refractivity contribution in [1.29, 1.82) is 0 Å². The molecular weight excluding hydrogens is 344 g/mol. The number of carbonyl (C=O) groups excluding carboxylic acids is 1. The van der Waals surface area contributed by atoms with Gasteiger partial charge in [-0.2, -0.15) is 0 Å². The molecule has 8 heteroatoms. The summed E-state index contributed by atoms with van der Waals surface area (Å²) in [4.78, 5) is 20.1. The summed E-state index contributed by atoms with van der Waals surface area (Å²) in [6.07, 6.45) is 5.86. The minimum Gasteiger partial charge on any atom is -0.391 e. The van der Waals surface area contributed by atoms with Crippen molar-refractivity contribution in [2.75, 3.05) is 31.1 Å². The van der Waals surface area contributed by atoms with Crippen LogP contribution in [0.25, 0.3) is 11.5 Å². The van der Waals surface area contributed by atoms with Crippen LogP contribution in [-0.4, -0.2) is 67.9 Å². The van der Waals surface area contributed by atoms with E-state index < -0.39 is 6.10 Å². The summed E-state index contributed by atoms with van der Waals surface area (Å²) in [5, 5.41) is 19.0. The fraction of sp³-hybridized carbons (Fsp3) is 0.579. The number of β-amino-alcohol motifs (C(OH)–C–C–N with tert-alkyl or cyclic N) is 1. The van der Waals surface area contributed by atoms with Gasteiger partial charge in [0.2, 0.25) is 5.91 Å². The van der Waals surface area contributed by atoms with Gasteiger partial charge >= 0.3 is 0 Å². The monoisotopic (exact) mass is 370 g/mol. The predicted octanol–water partition coefficient (Wildman–Crippen LogP) is 1.08. The third kappa shape index (κ3) is 3.53. The van der Waals surface area contributed by atoms with Gasteiger partial charge in [0.15, 0.2) is 11.6 Å². The molecule has 4 heterocycles. The second-order valence-corrected chi connectivity index (χ2v) is 7.88. The number of aliphatic hydroxyl groups excluding tert-OH is 1. The van der Waals surface area contributed by atoms with Crippen molar-refractivity contribution < 1.29 is 9.90 Å². The zero-order valence-corrected chi connectivity index (χ0v) is 15.9. The summed E-state index contributed by atoms with van der Waals surface area (Å²) in [5.74, 6) is 1.71. The minimum absolute atomic E-state index is 0.0141. The maximum atomic E-state index is 11.8. The molecular formula is C19H26N6O2. The first-order valence-electron chi connectivity index (χ1n) is 9.46. The van der Waals surface area contributed by atoms with E-state index in [4.69, 9.17) is 0 Å². The van der Waals surface area contributed by atoms with E-state index in [0.717, 1.165) is 56.2 Å². The number of aromatic nitrogens is 4.